The van der Waals surface area contributed by atoms with Gasteiger partial charge in [0, 0.05) is 25.1 Å². The zero-order valence-corrected chi connectivity index (χ0v) is 21.9. The molecule has 1 aromatic rings. The molecule has 0 spiro atoms. The van der Waals surface area contributed by atoms with Crippen LogP contribution in [0.25, 0.3) is 0 Å². The van der Waals surface area contributed by atoms with Gasteiger partial charge in [0.2, 0.25) is 0 Å². The van der Waals surface area contributed by atoms with Crippen molar-refractivity contribution in [1.82, 2.24) is 5.32 Å². The summed E-state index contributed by atoms with van der Waals surface area (Å²) in [5.74, 6) is 2.17. The Morgan fingerprint density at radius 1 is 1.14 bits per heavy atom. The molecule has 4 aliphatic rings. The summed E-state index contributed by atoms with van der Waals surface area (Å²) in [6.45, 7) is 7.40. The molecule has 4 aliphatic carbocycles. The third-order valence-corrected chi connectivity index (χ3v) is 11.3. The molecule has 4 fully saturated rings. The third kappa shape index (κ3) is 4.41. The van der Waals surface area contributed by atoms with Crippen LogP contribution in [0.3, 0.4) is 0 Å². The van der Waals surface area contributed by atoms with E-state index in [9.17, 15) is 10.2 Å². The van der Waals surface area contributed by atoms with Crippen LogP contribution in [-0.4, -0.2) is 54.3 Å². The first-order valence-corrected chi connectivity index (χ1v) is 14.3. The second-order valence-corrected chi connectivity index (χ2v) is 12.7. The molecular formula is C29H48N2O4. The molecule has 0 bridgehead atoms. The molecule has 35 heavy (non-hydrogen) atoms. The van der Waals surface area contributed by atoms with Gasteiger partial charge in [-0.05, 0) is 111 Å². The van der Waals surface area contributed by atoms with E-state index >= 15 is 0 Å². The summed E-state index contributed by atoms with van der Waals surface area (Å²) in [5, 5.41) is 25.1. The topological polar surface area (TPSA) is 101 Å². The monoisotopic (exact) mass is 488 g/mol. The van der Waals surface area contributed by atoms with E-state index in [0.717, 1.165) is 51.7 Å². The van der Waals surface area contributed by atoms with Gasteiger partial charge in [0.15, 0.2) is 0 Å². The fourth-order valence-electron chi connectivity index (χ4n) is 9.14. The standard InChI is InChI=1S/C29H48N2O4/c1-27-10-6-23(35-14-3-13-31-18-22(32)17-30)16-21(27)4-5-26-25(27)7-11-28(2)24(8-12-29(26,28)33)20-9-15-34-19-20/h9,15,19,21-26,31-33H,3-8,10-14,16-18,30H2,1-2H3/t21-,22?,23+,24-,25+,26-,27+,28-,29-/m1/s1. The molecule has 1 unspecified atom stereocenters. The summed E-state index contributed by atoms with van der Waals surface area (Å²) in [6.07, 6.45) is 14.9. The van der Waals surface area contributed by atoms with Crippen molar-refractivity contribution >= 4 is 0 Å². The number of furan rings is 1. The Bertz CT molecular complexity index is 833. The van der Waals surface area contributed by atoms with Crippen molar-refractivity contribution in [1.29, 1.82) is 0 Å². The van der Waals surface area contributed by atoms with Crippen LogP contribution in [0.4, 0.5) is 0 Å². The Kier molecular flexibility index (Phi) is 7.42. The number of nitrogens with two attached hydrogens (primary N) is 1. The van der Waals surface area contributed by atoms with Crippen LogP contribution in [0, 0.1) is 28.6 Å². The van der Waals surface area contributed by atoms with E-state index in [2.05, 4.69) is 25.2 Å². The number of ether oxygens (including phenoxy) is 1. The normalized spacial score (nSPS) is 43.9. The van der Waals surface area contributed by atoms with E-state index in [1.54, 1.807) is 6.26 Å². The van der Waals surface area contributed by atoms with E-state index in [0.29, 0.717) is 48.3 Å². The number of fused-ring (bicyclic) bond motifs is 5. The van der Waals surface area contributed by atoms with Crippen molar-refractivity contribution in [2.24, 2.45) is 34.3 Å². The molecule has 5 rings (SSSR count). The van der Waals surface area contributed by atoms with Gasteiger partial charge in [-0.1, -0.05) is 13.8 Å². The lowest BCUT2D eigenvalue weighted by Crippen LogP contribution is -2.62. The van der Waals surface area contributed by atoms with Crippen LogP contribution in [0.15, 0.2) is 23.0 Å². The summed E-state index contributed by atoms with van der Waals surface area (Å²) in [7, 11) is 0. The fraction of sp³-hybridized carbons (Fsp3) is 0.862. The average Bonchev–Trinajstić information content (AvgIpc) is 3.47. The Hall–Kier alpha value is -0.920. The lowest BCUT2D eigenvalue weighted by atomic mass is 9.43. The van der Waals surface area contributed by atoms with E-state index in [4.69, 9.17) is 14.9 Å². The maximum atomic E-state index is 12.3. The van der Waals surface area contributed by atoms with Crippen LogP contribution in [0.1, 0.15) is 89.5 Å². The minimum absolute atomic E-state index is 0.0459. The number of aliphatic hydroxyl groups excluding tert-OH is 1. The van der Waals surface area contributed by atoms with Gasteiger partial charge in [-0.25, -0.2) is 0 Å². The van der Waals surface area contributed by atoms with Crippen LogP contribution >= 0.6 is 0 Å². The van der Waals surface area contributed by atoms with Gasteiger partial charge in [-0.3, -0.25) is 0 Å². The van der Waals surface area contributed by atoms with Gasteiger partial charge < -0.3 is 30.4 Å². The van der Waals surface area contributed by atoms with Crippen LogP contribution in [-0.2, 0) is 4.74 Å². The predicted octanol–water partition coefficient (Wildman–Crippen LogP) is 4.21. The van der Waals surface area contributed by atoms with Crippen molar-refractivity contribution in [3.63, 3.8) is 0 Å². The Labute approximate surface area is 211 Å². The van der Waals surface area contributed by atoms with Gasteiger partial charge >= 0.3 is 0 Å². The summed E-state index contributed by atoms with van der Waals surface area (Å²) >= 11 is 0. The average molecular weight is 489 g/mol. The Morgan fingerprint density at radius 2 is 2.00 bits per heavy atom. The van der Waals surface area contributed by atoms with E-state index < -0.39 is 11.7 Å². The van der Waals surface area contributed by atoms with E-state index in [-0.39, 0.29) is 5.41 Å². The largest absolute Gasteiger partial charge is 0.472 e. The predicted molar refractivity (Wildman–Crippen MR) is 137 cm³/mol. The van der Waals surface area contributed by atoms with E-state index in [1.165, 1.54) is 31.2 Å². The number of hydrogen-bond donors (Lipinski definition) is 4. The van der Waals surface area contributed by atoms with Gasteiger partial charge in [-0.2, -0.15) is 0 Å². The van der Waals surface area contributed by atoms with Gasteiger partial charge in [0.1, 0.15) is 0 Å². The minimum atomic E-state index is -0.552. The van der Waals surface area contributed by atoms with Crippen LogP contribution in [0.2, 0.25) is 0 Å². The highest BCUT2D eigenvalue weighted by atomic mass is 16.5. The van der Waals surface area contributed by atoms with Crippen LogP contribution in [0.5, 0.6) is 0 Å². The SMILES string of the molecule is C[C@]12CC[C@H](OCCCNCC(O)CN)C[C@H]1CC[C@@H]1[C@@H]2CC[C@]2(C)[C@@H](c3ccoc3)CC[C@@]12O. The third-order valence-electron chi connectivity index (χ3n) is 11.3. The molecule has 0 amide bonds. The van der Waals surface area contributed by atoms with Gasteiger partial charge in [-0.15, -0.1) is 0 Å². The molecule has 0 radical (unpaired) electrons. The number of nitrogens with one attached hydrogen (secondary N) is 1. The Morgan fingerprint density at radius 3 is 2.77 bits per heavy atom. The van der Waals surface area contributed by atoms with Crippen molar-refractivity contribution < 1.29 is 19.4 Å². The first-order valence-electron chi connectivity index (χ1n) is 14.3. The van der Waals surface area contributed by atoms with Gasteiger partial charge in [0.05, 0.1) is 30.3 Å². The highest BCUT2D eigenvalue weighted by molar-refractivity contribution is 5.26. The molecule has 6 heteroatoms. The minimum Gasteiger partial charge on any atom is -0.472 e. The second kappa shape index (κ2) is 10.1. The molecule has 9 atom stereocenters. The van der Waals surface area contributed by atoms with Crippen molar-refractivity contribution in [3.8, 4) is 0 Å². The highest BCUT2D eigenvalue weighted by Gasteiger charge is 2.67. The molecule has 1 heterocycles. The molecule has 0 aliphatic heterocycles. The molecule has 198 valence electrons. The summed E-state index contributed by atoms with van der Waals surface area (Å²) in [5.41, 5.74) is 6.46. The molecule has 4 saturated carbocycles. The van der Waals surface area contributed by atoms with Crippen molar-refractivity contribution in [2.75, 3.05) is 26.2 Å². The molecule has 1 aromatic heterocycles. The lowest BCUT2D eigenvalue weighted by molar-refractivity contribution is -0.207. The van der Waals surface area contributed by atoms with Gasteiger partial charge in [0.25, 0.3) is 0 Å². The lowest BCUT2D eigenvalue weighted by Gasteiger charge is -2.63. The summed E-state index contributed by atoms with van der Waals surface area (Å²) in [4.78, 5) is 0. The highest BCUT2D eigenvalue weighted by Crippen LogP contribution is 2.70. The number of aliphatic hydroxyl groups is 2. The molecule has 5 N–H and O–H groups in total. The zero-order chi connectivity index (χ0) is 24.7. The first kappa shape index (κ1) is 25.7. The first-order chi connectivity index (χ1) is 16.8. The maximum Gasteiger partial charge on any atom is 0.0937 e. The van der Waals surface area contributed by atoms with E-state index in [1.807, 2.05) is 6.26 Å². The Balaban J connectivity index is 1.18. The molecule has 0 aromatic carbocycles. The number of hydrogen-bond acceptors (Lipinski definition) is 6. The smallest absolute Gasteiger partial charge is 0.0937 e. The molecular weight excluding hydrogens is 440 g/mol. The number of rotatable bonds is 9. The zero-order valence-electron chi connectivity index (χ0n) is 21.9. The molecule has 0 saturated heterocycles. The fourth-order valence-corrected chi connectivity index (χ4v) is 9.14. The van der Waals surface area contributed by atoms with Crippen LogP contribution < -0.4 is 11.1 Å². The van der Waals surface area contributed by atoms with Crippen molar-refractivity contribution in [3.05, 3.63) is 24.2 Å². The quantitative estimate of drug-likeness (QED) is 0.389. The van der Waals surface area contributed by atoms with Crippen molar-refractivity contribution in [2.45, 2.75) is 102 Å². The molecule has 6 nitrogen and oxygen atoms in total. The second-order valence-electron chi connectivity index (χ2n) is 12.7. The maximum absolute atomic E-state index is 12.3. The summed E-state index contributed by atoms with van der Waals surface area (Å²) < 4.78 is 11.8. The summed E-state index contributed by atoms with van der Waals surface area (Å²) in [6, 6.07) is 2.12.